The molecule has 1 aliphatic heterocycles. The number of aromatic nitrogens is 4. The highest BCUT2D eigenvalue weighted by atomic mass is 16.5. The van der Waals surface area contributed by atoms with Crippen molar-refractivity contribution in [1.82, 2.24) is 20.2 Å². The van der Waals surface area contributed by atoms with Gasteiger partial charge in [-0.25, -0.2) is 4.68 Å². The molecule has 2 aromatic rings. The van der Waals surface area contributed by atoms with Gasteiger partial charge in [-0.15, -0.1) is 5.10 Å². The van der Waals surface area contributed by atoms with E-state index in [1.54, 1.807) is 0 Å². The van der Waals surface area contributed by atoms with E-state index in [0.717, 1.165) is 30.1 Å². The van der Waals surface area contributed by atoms with Gasteiger partial charge in [-0.05, 0) is 47.7 Å². The Kier molecular flexibility index (Phi) is 2.70. The van der Waals surface area contributed by atoms with Crippen LogP contribution >= 0.6 is 0 Å². The Morgan fingerprint density at radius 2 is 2.15 bits per heavy atom. The number of ether oxygens (including phenoxy) is 1. The number of nitrogens with zero attached hydrogens (tertiary/aromatic N) is 4. The maximum Gasteiger partial charge on any atom is 0.182 e. The topological polar surface area (TPSA) is 78.9 Å². The lowest BCUT2D eigenvalue weighted by Crippen LogP contribution is -2.23. The summed E-state index contributed by atoms with van der Waals surface area (Å²) in [6.45, 7) is 0.794. The summed E-state index contributed by atoms with van der Waals surface area (Å²) in [6, 6.07) is 7.93. The first-order valence-corrected chi connectivity index (χ1v) is 7.08. The predicted octanol–water partition coefficient (Wildman–Crippen LogP) is 1.66. The van der Waals surface area contributed by atoms with Gasteiger partial charge >= 0.3 is 0 Å². The van der Waals surface area contributed by atoms with Crippen molar-refractivity contribution >= 4 is 5.69 Å². The number of nitrogens with two attached hydrogens (primary N) is 1. The van der Waals surface area contributed by atoms with E-state index in [4.69, 9.17) is 10.5 Å². The lowest BCUT2D eigenvalue weighted by molar-refractivity contribution is 0.0725. The molecule has 2 atom stereocenters. The predicted molar refractivity (Wildman–Crippen MR) is 73.8 cm³/mol. The molecule has 1 aliphatic carbocycles. The van der Waals surface area contributed by atoms with Crippen molar-refractivity contribution in [2.45, 2.75) is 31.4 Å². The van der Waals surface area contributed by atoms with Crippen LogP contribution in [0.1, 0.15) is 25.3 Å². The summed E-state index contributed by atoms with van der Waals surface area (Å²) in [5, 5.41) is 12.2. The molecule has 0 amide bonds. The first-order chi connectivity index (χ1) is 9.83. The summed E-state index contributed by atoms with van der Waals surface area (Å²) in [7, 11) is 0. The minimum Gasteiger partial charge on any atom is -0.399 e. The molecular formula is C14H17N5O. The molecule has 2 N–H and O–H groups in total. The smallest absolute Gasteiger partial charge is 0.182 e. The van der Waals surface area contributed by atoms with Crippen molar-refractivity contribution in [1.29, 1.82) is 0 Å². The third kappa shape index (κ3) is 1.96. The zero-order valence-electron chi connectivity index (χ0n) is 11.1. The van der Waals surface area contributed by atoms with Crippen LogP contribution in [0, 0.1) is 5.92 Å². The van der Waals surface area contributed by atoms with Gasteiger partial charge in [0, 0.05) is 17.9 Å². The molecule has 0 spiro atoms. The zero-order chi connectivity index (χ0) is 13.5. The van der Waals surface area contributed by atoms with E-state index in [1.165, 1.54) is 12.8 Å². The molecule has 4 rings (SSSR count). The number of tetrazole rings is 1. The zero-order valence-corrected chi connectivity index (χ0v) is 11.1. The van der Waals surface area contributed by atoms with Crippen molar-refractivity contribution in [3.63, 3.8) is 0 Å². The van der Waals surface area contributed by atoms with E-state index in [9.17, 15) is 0 Å². The van der Waals surface area contributed by atoms with E-state index in [2.05, 4.69) is 15.5 Å². The monoisotopic (exact) mass is 271 g/mol. The fourth-order valence-electron chi connectivity index (χ4n) is 3.02. The van der Waals surface area contributed by atoms with Gasteiger partial charge in [-0.1, -0.05) is 12.1 Å². The van der Waals surface area contributed by atoms with E-state index >= 15 is 0 Å². The Hall–Kier alpha value is -1.95. The number of anilines is 1. The van der Waals surface area contributed by atoms with Crippen molar-refractivity contribution in [2.75, 3.05) is 12.3 Å². The molecule has 104 valence electrons. The lowest BCUT2D eigenvalue weighted by Gasteiger charge is -2.19. The minimum atomic E-state index is 0.244. The van der Waals surface area contributed by atoms with Crippen LogP contribution in [0.4, 0.5) is 5.69 Å². The van der Waals surface area contributed by atoms with Gasteiger partial charge in [-0.2, -0.15) is 0 Å². The maximum absolute atomic E-state index is 5.89. The van der Waals surface area contributed by atoms with Crippen molar-refractivity contribution in [2.24, 2.45) is 5.92 Å². The second kappa shape index (κ2) is 4.56. The fourth-order valence-corrected chi connectivity index (χ4v) is 3.02. The van der Waals surface area contributed by atoms with E-state index in [-0.39, 0.29) is 12.1 Å². The molecule has 1 saturated heterocycles. The molecule has 6 heteroatoms. The van der Waals surface area contributed by atoms with Gasteiger partial charge in [0.2, 0.25) is 0 Å². The van der Waals surface area contributed by atoms with Gasteiger partial charge in [0.1, 0.15) is 0 Å². The summed E-state index contributed by atoms with van der Waals surface area (Å²) in [5.74, 6) is 1.46. The second-order valence-corrected chi connectivity index (χ2v) is 5.60. The Balaban J connectivity index is 1.71. The van der Waals surface area contributed by atoms with Gasteiger partial charge < -0.3 is 10.5 Å². The average Bonchev–Trinajstić information content (AvgIpc) is 3.01. The van der Waals surface area contributed by atoms with Crippen LogP contribution < -0.4 is 5.73 Å². The molecule has 1 aromatic heterocycles. The standard InChI is InChI=1S/C14H17N5O/c15-11-3-1-2-10(8-11)14-16-17-18-19(14)12-6-7-20-13(12)9-4-5-9/h1-3,8-9,12-13H,4-7,15H2. The van der Waals surface area contributed by atoms with Gasteiger partial charge in [0.25, 0.3) is 0 Å². The summed E-state index contributed by atoms with van der Waals surface area (Å²) in [5.41, 5.74) is 7.53. The van der Waals surface area contributed by atoms with Crippen LogP contribution in [0.2, 0.25) is 0 Å². The number of rotatable bonds is 3. The van der Waals surface area contributed by atoms with E-state index in [1.807, 2.05) is 28.9 Å². The molecule has 0 bridgehead atoms. The van der Waals surface area contributed by atoms with Crippen LogP contribution in [-0.2, 0) is 4.74 Å². The molecule has 2 aliphatic rings. The minimum absolute atomic E-state index is 0.244. The van der Waals surface area contributed by atoms with Gasteiger partial charge in [-0.3, -0.25) is 0 Å². The molecule has 2 heterocycles. The van der Waals surface area contributed by atoms with E-state index < -0.39 is 0 Å². The van der Waals surface area contributed by atoms with Crippen LogP contribution in [-0.4, -0.2) is 32.9 Å². The largest absolute Gasteiger partial charge is 0.399 e. The number of benzene rings is 1. The summed E-state index contributed by atoms with van der Waals surface area (Å²) in [6.07, 6.45) is 3.76. The van der Waals surface area contributed by atoms with E-state index in [0.29, 0.717) is 5.92 Å². The molecule has 1 aromatic carbocycles. The van der Waals surface area contributed by atoms with Crippen molar-refractivity contribution < 1.29 is 4.74 Å². The summed E-state index contributed by atoms with van der Waals surface area (Å²) >= 11 is 0. The highest BCUT2D eigenvalue weighted by molar-refractivity contribution is 5.60. The maximum atomic E-state index is 5.89. The Morgan fingerprint density at radius 1 is 1.25 bits per heavy atom. The molecule has 2 fully saturated rings. The molecule has 6 nitrogen and oxygen atoms in total. The molecule has 0 radical (unpaired) electrons. The van der Waals surface area contributed by atoms with Gasteiger partial charge in [0.15, 0.2) is 5.82 Å². The summed E-state index contributed by atoms with van der Waals surface area (Å²) < 4.78 is 7.81. The first kappa shape index (κ1) is 11.8. The Morgan fingerprint density at radius 3 is 2.95 bits per heavy atom. The van der Waals surface area contributed by atoms with Crippen LogP contribution in [0.15, 0.2) is 24.3 Å². The molecule has 20 heavy (non-hydrogen) atoms. The third-order valence-electron chi connectivity index (χ3n) is 4.14. The Labute approximate surface area is 116 Å². The quantitative estimate of drug-likeness (QED) is 0.859. The number of hydrogen-bond donors (Lipinski definition) is 1. The van der Waals surface area contributed by atoms with Crippen molar-refractivity contribution in [3.8, 4) is 11.4 Å². The highest BCUT2D eigenvalue weighted by Gasteiger charge is 2.42. The fraction of sp³-hybridized carbons (Fsp3) is 0.500. The Bertz CT molecular complexity index is 622. The summed E-state index contributed by atoms with van der Waals surface area (Å²) in [4.78, 5) is 0. The lowest BCUT2D eigenvalue weighted by atomic mass is 10.1. The number of hydrogen-bond acceptors (Lipinski definition) is 5. The average molecular weight is 271 g/mol. The molecule has 1 saturated carbocycles. The van der Waals surface area contributed by atoms with Gasteiger partial charge in [0.05, 0.1) is 12.1 Å². The SMILES string of the molecule is Nc1cccc(-c2nnnn2C2CCOC2C2CC2)c1. The number of nitrogen functional groups attached to an aromatic ring is 1. The first-order valence-electron chi connectivity index (χ1n) is 7.08. The normalized spacial score (nSPS) is 26.0. The third-order valence-corrected chi connectivity index (χ3v) is 4.14. The molecular weight excluding hydrogens is 254 g/mol. The van der Waals surface area contributed by atoms with Crippen LogP contribution in [0.3, 0.4) is 0 Å². The van der Waals surface area contributed by atoms with Crippen LogP contribution in [0.5, 0.6) is 0 Å². The second-order valence-electron chi connectivity index (χ2n) is 5.60. The molecule has 2 unspecified atom stereocenters. The van der Waals surface area contributed by atoms with Crippen LogP contribution in [0.25, 0.3) is 11.4 Å². The van der Waals surface area contributed by atoms with Crippen molar-refractivity contribution in [3.05, 3.63) is 24.3 Å². The highest BCUT2D eigenvalue weighted by Crippen LogP contribution is 2.43.